The van der Waals surface area contributed by atoms with Crippen molar-refractivity contribution in [1.82, 2.24) is 4.90 Å². The van der Waals surface area contributed by atoms with E-state index in [1.807, 2.05) is 0 Å². The molecule has 1 N–H and O–H groups in total. The van der Waals surface area contributed by atoms with Crippen LogP contribution in [0.5, 0.6) is 0 Å². The Labute approximate surface area is 145 Å². The van der Waals surface area contributed by atoms with E-state index < -0.39 is 10.7 Å². The summed E-state index contributed by atoms with van der Waals surface area (Å²) in [6.07, 6.45) is 3.30. The van der Waals surface area contributed by atoms with Crippen LogP contribution in [0.1, 0.15) is 36.0 Å². The monoisotopic (exact) mass is 347 g/mol. The van der Waals surface area contributed by atoms with Crippen molar-refractivity contribution in [2.24, 2.45) is 0 Å². The van der Waals surface area contributed by atoms with Crippen molar-refractivity contribution < 1.29 is 19.2 Å². The van der Waals surface area contributed by atoms with Crippen molar-refractivity contribution in [3.8, 4) is 0 Å². The molecule has 0 atom stereocenters. The first-order valence-corrected chi connectivity index (χ1v) is 8.68. The van der Waals surface area contributed by atoms with E-state index in [0.717, 1.165) is 12.8 Å². The number of nitro groups is 1. The van der Waals surface area contributed by atoms with E-state index in [4.69, 9.17) is 9.47 Å². The summed E-state index contributed by atoms with van der Waals surface area (Å²) in [6, 6.07) is 4.98. The molecule has 8 heteroatoms. The number of likely N-dealkylation sites (tertiary alicyclic amines) is 1. The van der Waals surface area contributed by atoms with Gasteiger partial charge >= 0.3 is 0 Å². The largest absolute Gasteiger partial charge is 0.377 e. The Morgan fingerprint density at radius 1 is 1.24 bits per heavy atom. The van der Waals surface area contributed by atoms with E-state index in [0.29, 0.717) is 56.4 Å². The molecule has 2 saturated heterocycles. The highest BCUT2D eigenvalue weighted by atomic mass is 16.7. The first-order chi connectivity index (χ1) is 12.1. The molecule has 0 unspecified atom stereocenters. The summed E-state index contributed by atoms with van der Waals surface area (Å²) in [5.74, 6) is -0.727. The fourth-order valence-corrected chi connectivity index (χ4v) is 3.40. The Balaban J connectivity index is 1.48. The minimum atomic E-state index is -0.541. The van der Waals surface area contributed by atoms with Crippen LogP contribution >= 0.6 is 0 Å². The summed E-state index contributed by atoms with van der Waals surface area (Å²) in [5.41, 5.74) is 0.778. The predicted octanol–water partition coefficient (Wildman–Crippen LogP) is 2.15. The van der Waals surface area contributed by atoms with E-state index in [1.165, 1.54) is 6.07 Å². The van der Waals surface area contributed by atoms with Crippen molar-refractivity contribution in [1.29, 1.82) is 0 Å². The summed E-state index contributed by atoms with van der Waals surface area (Å²) in [5, 5.41) is 14.5. The Kier molecular flexibility index (Phi) is 4.09. The van der Waals surface area contributed by atoms with Gasteiger partial charge in [-0.1, -0.05) is 0 Å². The Morgan fingerprint density at radius 2 is 1.92 bits per heavy atom. The van der Waals surface area contributed by atoms with Crippen LogP contribution in [0.25, 0.3) is 0 Å². The van der Waals surface area contributed by atoms with E-state index in [-0.39, 0.29) is 11.6 Å². The average molecular weight is 347 g/mol. The van der Waals surface area contributed by atoms with Crippen LogP contribution < -0.4 is 5.32 Å². The highest BCUT2D eigenvalue weighted by Crippen LogP contribution is 2.34. The quantitative estimate of drug-likeness (QED) is 0.662. The number of nitrogens with zero attached hydrogens (tertiary/aromatic N) is 2. The zero-order chi connectivity index (χ0) is 17.4. The maximum atomic E-state index is 12.7. The number of piperidine rings is 1. The molecule has 0 radical (unpaired) electrons. The molecule has 1 saturated carbocycles. The molecule has 4 rings (SSSR count). The summed E-state index contributed by atoms with van der Waals surface area (Å²) >= 11 is 0. The predicted molar refractivity (Wildman–Crippen MR) is 89.5 cm³/mol. The molecule has 2 aliphatic heterocycles. The Hall–Kier alpha value is -2.19. The number of hydrogen-bond acceptors (Lipinski definition) is 6. The molecule has 1 aliphatic carbocycles. The van der Waals surface area contributed by atoms with Crippen molar-refractivity contribution in [3.63, 3.8) is 0 Å². The highest BCUT2D eigenvalue weighted by molar-refractivity contribution is 5.95. The van der Waals surface area contributed by atoms with Crippen LogP contribution in [0.15, 0.2) is 18.2 Å². The minimum absolute atomic E-state index is 0.0475. The second-order valence-corrected chi connectivity index (χ2v) is 6.81. The van der Waals surface area contributed by atoms with Crippen LogP contribution in [0, 0.1) is 10.1 Å². The molecule has 0 bridgehead atoms. The lowest BCUT2D eigenvalue weighted by molar-refractivity contribution is -0.384. The number of nitrogens with one attached hydrogen (secondary N) is 1. The Bertz CT molecular complexity index is 688. The number of nitro benzene ring substituents is 1. The van der Waals surface area contributed by atoms with Gasteiger partial charge in [0.2, 0.25) is 0 Å². The van der Waals surface area contributed by atoms with Gasteiger partial charge in [0.05, 0.1) is 18.1 Å². The first kappa shape index (κ1) is 16.3. The van der Waals surface area contributed by atoms with Gasteiger partial charge in [-0.2, -0.15) is 0 Å². The van der Waals surface area contributed by atoms with Crippen molar-refractivity contribution in [3.05, 3.63) is 33.9 Å². The lowest BCUT2D eigenvalue weighted by atomic mass is 10.0. The number of hydrogen-bond donors (Lipinski definition) is 1. The summed E-state index contributed by atoms with van der Waals surface area (Å²) in [6.45, 7) is 2.23. The van der Waals surface area contributed by atoms with Crippen molar-refractivity contribution >= 4 is 17.3 Å². The van der Waals surface area contributed by atoms with Gasteiger partial charge in [-0.05, 0) is 25.0 Å². The number of amides is 1. The molecule has 2 heterocycles. The van der Waals surface area contributed by atoms with Gasteiger partial charge in [0.25, 0.3) is 11.6 Å². The van der Waals surface area contributed by atoms with E-state index >= 15 is 0 Å². The van der Waals surface area contributed by atoms with Gasteiger partial charge in [0.1, 0.15) is 5.69 Å². The maximum Gasteiger partial charge on any atom is 0.293 e. The number of benzene rings is 1. The fourth-order valence-electron chi connectivity index (χ4n) is 3.40. The van der Waals surface area contributed by atoms with Gasteiger partial charge in [-0.15, -0.1) is 0 Å². The van der Waals surface area contributed by atoms with E-state index in [2.05, 4.69) is 5.32 Å². The normalized spacial score (nSPS) is 22.2. The SMILES string of the molecule is O=C(c1ccc(NC2CC2)c([N+](=O)[O-])c1)N1CCC2(CC1)OCCO2. The topological polar surface area (TPSA) is 93.9 Å². The molecule has 8 nitrogen and oxygen atoms in total. The number of carbonyl (C=O) groups excluding carboxylic acids is 1. The van der Waals surface area contributed by atoms with E-state index in [9.17, 15) is 14.9 Å². The van der Waals surface area contributed by atoms with Crippen LogP contribution in [0.3, 0.4) is 0 Å². The van der Waals surface area contributed by atoms with Gasteiger partial charge in [-0.3, -0.25) is 14.9 Å². The van der Waals surface area contributed by atoms with Crippen LogP contribution in [0.2, 0.25) is 0 Å². The molecule has 134 valence electrons. The smallest absolute Gasteiger partial charge is 0.293 e. The zero-order valence-corrected chi connectivity index (χ0v) is 13.9. The van der Waals surface area contributed by atoms with E-state index in [1.54, 1.807) is 17.0 Å². The number of anilines is 1. The molecule has 3 fully saturated rings. The van der Waals surface area contributed by atoms with Crippen molar-refractivity contribution in [2.45, 2.75) is 37.5 Å². The lowest BCUT2D eigenvalue weighted by Gasteiger charge is -2.37. The van der Waals surface area contributed by atoms with Crippen LogP contribution in [0.4, 0.5) is 11.4 Å². The van der Waals surface area contributed by atoms with Crippen LogP contribution in [-0.4, -0.2) is 53.9 Å². The maximum absolute atomic E-state index is 12.7. The van der Waals surface area contributed by atoms with Gasteiger partial charge in [0.15, 0.2) is 5.79 Å². The summed E-state index contributed by atoms with van der Waals surface area (Å²) in [7, 11) is 0. The molecular formula is C17H21N3O5. The third-order valence-corrected chi connectivity index (χ3v) is 5.00. The molecule has 3 aliphatic rings. The van der Waals surface area contributed by atoms with Crippen LogP contribution in [-0.2, 0) is 9.47 Å². The highest BCUT2D eigenvalue weighted by Gasteiger charge is 2.41. The second-order valence-electron chi connectivity index (χ2n) is 6.81. The number of carbonyl (C=O) groups is 1. The standard InChI is InChI=1S/C17H21N3O5/c21-16(19-7-5-17(6-8-19)24-9-10-25-17)12-1-4-14(18-13-2-3-13)15(11-12)20(22)23/h1,4,11,13,18H,2-3,5-10H2. The molecule has 1 aromatic rings. The fraction of sp³-hybridized carbons (Fsp3) is 0.588. The molecule has 0 aromatic heterocycles. The number of rotatable bonds is 4. The van der Waals surface area contributed by atoms with Gasteiger partial charge < -0.3 is 19.7 Å². The third kappa shape index (κ3) is 3.32. The molecule has 1 aromatic carbocycles. The average Bonchev–Trinajstić information content (AvgIpc) is 3.33. The lowest BCUT2D eigenvalue weighted by Crippen LogP contribution is -2.47. The zero-order valence-electron chi connectivity index (χ0n) is 13.9. The number of ether oxygens (including phenoxy) is 2. The molecule has 1 spiro atoms. The van der Waals surface area contributed by atoms with Gasteiger partial charge in [0, 0.05) is 43.6 Å². The van der Waals surface area contributed by atoms with Crippen molar-refractivity contribution in [2.75, 3.05) is 31.6 Å². The summed E-state index contributed by atoms with van der Waals surface area (Å²) < 4.78 is 11.3. The molecular weight excluding hydrogens is 326 g/mol. The Morgan fingerprint density at radius 3 is 2.52 bits per heavy atom. The van der Waals surface area contributed by atoms with Gasteiger partial charge in [-0.25, -0.2) is 0 Å². The third-order valence-electron chi connectivity index (χ3n) is 5.00. The second kappa shape index (κ2) is 6.27. The minimum Gasteiger partial charge on any atom is -0.377 e. The summed E-state index contributed by atoms with van der Waals surface area (Å²) in [4.78, 5) is 25.4. The molecule has 25 heavy (non-hydrogen) atoms. The molecule has 1 amide bonds. The first-order valence-electron chi connectivity index (χ1n) is 8.68.